The summed E-state index contributed by atoms with van der Waals surface area (Å²) in [7, 11) is -3.19. The van der Waals surface area contributed by atoms with Crippen molar-refractivity contribution in [3.8, 4) is 0 Å². The smallest absolute Gasteiger partial charge is 0.211 e. The number of hydrogen-bond donors (Lipinski definition) is 2. The van der Waals surface area contributed by atoms with Crippen LogP contribution >= 0.6 is 0 Å². The third-order valence-electron chi connectivity index (χ3n) is 1.86. The maximum absolute atomic E-state index is 11.3. The highest BCUT2D eigenvalue weighted by Gasteiger charge is 2.18. The molecule has 0 aromatic carbocycles. The molecular formula is C10H23NO3S. The number of sulfonamides is 1. The molecule has 0 aromatic rings. The lowest BCUT2D eigenvalue weighted by Crippen LogP contribution is -2.35. The highest BCUT2D eigenvalue weighted by Crippen LogP contribution is 2.20. The van der Waals surface area contributed by atoms with Crippen molar-refractivity contribution in [3.05, 3.63) is 0 Å². The Bertz CT molecular complexity index is 267. The van der Waals surface area contributed by atoms with Crippen LogP contribution in [0.25, 0.3) is 0 Å². The minimum absolute atomic E-state index is 0.00954. The van der Waals surface area contributed by atoms with Gasteiger partial charge in [-0.15, -0.1) is 0 Å². The van der Waals surface area contributed by atoms with E-state index >= 15 is 0 Å². The lowest BCUT2D eigenvalue weighted by atomic mass is 9.89. The first kappa shape index (κ1) is 14.9. The Morgan fingerprint density at radius 2 is 1.87 bits per heavy atom. The molecule has 0 heterocycles. The third kappa shape index (κ3) is 8.84. The van der Waals surface area contributed by atoms with Gasteiger partial charge in [-0.05, 0) is 18.3 Å². The van der Waals surface area contributed by atoms with Crippen LogP contribution in [-0.2, 0) is 10.0 Å². The normalized spacial score (nSPS) is 15.3. The standard InChI is InChI=1S/C10H23NO3S/c1-5-6-15(13,14)11-8-9(12)7-10(2,3)4/h9,11-12H,5-8H2,1-4H3/t9-/m1/s1. The summed E-state index contributed by atoms with van der Waals surface area (Å²) in [6.45, 7) is 7.95. The molecule has 1 atom stereocenters. The van der Waals surface area contributed by atoms with E-state index in [0.717, 1.165) is 0 Å². The molecule has 0 aliphatic rings. The number of rotatable bonds is 6. The SMILES string of the molecule is CCCS(=O)(=O)NC[C@H](O)CC(C)(C)C. The average Bonchev–Trinajstić information content (AvgIpc) is 1.98. The van der Waals surface area contributed by atoms with Gasteiger partial charge in [0.2, 0.25) is 10.0 Å². The summed E-state index contributed by atoms with van der Waals surface area (Å²) in [5.41, 5.74) is 0.00954. The number of nitrogens with one attached hydrogen (secondary N) is 1. The predicted molar refractivity (Wildman–Crippen MR) is 62.2 cm³/mol. The van der Waals surface area contributed by atoms with Crippen molar-refractivity contribution in [2.75, 3.05) is 12.3 Å². The molecule has 5 heteroatoms. The predicted octanol–water partition coefficient (Wildman–Crippen LogP) is 1.11. The Morgan fingerprint density at radius 3 is 2.27 bits per heavy atom. The minimum atomic E-state index is -3.19. The molecular weight excluding hydrogens is 214 g/mol. The highest BCUT2D eigenvalue weighted by molar-refractivity contribution is 7.89. The average molecular weight is 237 g/mol. The second kappa shape index (κ2) is 5.82. The Morgan fingerprint density at radius 1 is 1.33 bits per heavy atom. The van der Waals surface area contributed by atoms with Crippen LogP contribution in [0.15, 0.2) is 0 Å². The molecule has 0 unspecified atom stereocenters. The molecule has 0 aliphatic heterocycles. The van der Waals surface area contributed by atoms with Gasteiger partial charge < -0.3 is 5.11 Å². The van der Waals surface area contributed by atoms with E-state index in [1.807, 2.05) is 27.7 Å². The van der Waals surface area contributed by atoms with Gasteiger partial charge in [-0.2, -0.15) is 0 Å². The van der Waals surface area contributed by atoms with Gasteiger partial charge >= 0.3 is 0 Å². The molecule has 0 saturated carbocycles. The maximum atomic E-state index is 11.3. The summed E-state index contributed by atoms with van der Waals surface area (Å²) in [5, 5.41) is 9.59. The van der Waals surface area contributed by atoms with E-state index < -0.39 is 16.1 Å². The van der Waals surface area contributed by atoms with Crippen molar-refractivity contribution in [2.45, 2.75) is 46.6 Å². The second-order valence-corrected chi connectivity index (χ2v) is 7.01. The molecule has 0 rings (SSSR count). The first-order chi connectivity index (χ1) is 6.66. The monoisotopic (exact) mass is 237 g/mol. The van der Waals surface area contributed by atoms with Crippen LogP contribution in [0.4, 0.5) is 0 Å². The summed E-state index contributed by atoms with van der Waals surface area (Å²) in [6, 6.07) is 0. The van der Waals surface area contributed by atoms with E-state index in [1.165, 1.54) is 0 Å². The summed E-state index contributed by atoms with van der Waals surface area (Å²) in [5.74, 6) is 0.120. The highest BCUT2D eigenvalue weighted by atomic mass is 32.2. The van der Waals surface area contributed by atoms with E-state index in [9.17, 15) is 13.5 Å². The van der Waals surface area contributed by atoms with Crippen LogP contribution in [0.3, 0.4) is 0 Å². The molecule has 15 heavy (non-hydrogen) atoms. The topological polar surface area (TPSA) is 66.4 Å². The molecule has 0 radical (unpaired) electrons. The lowest BCUT2D eigenvalue weighted by molar-refractivity contribution is 0.125. The first-order valence-corrected chi connectivity index (χ1v) is 6.97. The van der Waals surface area contributed by atoms with Crippen LogP contribution < -0.4 is 4.72 Å². The number of hydrogen-bond acceptors (Lipinski definition) is 3. The van der Waals surface area contributed by atoms with Gasteiger partial charge in [-0.1, -0.05) is 27.7 Å². The summed E-state index contributed by atoms with van der Waals surface area (Å²) < 4.78 is 25.0. The van der Waals surface area contributed by atoms with E-state index in [4.69, 9.17) is 0 Å². The van der Waals surface area contributed by atoms with Crippen LogP contribution in [0.1, 0.15) is 40.5 Å². The number of aliphatic hydroxyl groups excluding tert-OH is 1. The van der Waals surface area contributed by atoms with Gasteiger partial charge in [-0.3, -0.25) is 0 Å². The Hall–Kier alpha value is -0.130. The lowest BCUT2D eigenvalue weighted by Gasteiger charge is -2.22. The summed E-state index contributed by atoms with van der Waals surface area (Å²) in [6.07, 6.45) is 0.559. The Kier molecular flexibility index (Phi) is 5.77. The molecule has 0 aromatic heterocycles. The molecule has 92 valence electrons. The second-order valence-electron chi connectivity index (χ2n) is 5.09. The van der Waals surface area contributed by atoms with Crippen molar-refractivity contribution in [3.63, 3.8) is 0 Å². The first-order valence-electron chi connectivity index (χ1n) is 5.32. The summed E-state index contributed by atoms with van der Waals surface area (Å²) >= 11 is 0. The fourth-order valence-corrected chi connectivity index (χ4v) is 2.47. The van der Waals surface area contributed by atoms with Crippen molar-refractivity contribution in [2.24, 2.45) is 5.41 Å². The Labute approximate surface area is 93.1 Å². The molecule has 0 spiro atoms. The van der Waals surface area contributed by atoms with Crippen LogP contribution in [0.2, 0.25) is 0 Å². The van der Waals surface area contributed by atoms with E-state index in [2.05, 4.69) is 4.72 Å². The van der Waals surface area contributed by atoms with Crippen molar-refractivity contribution in [1.82, 2.24) is 4.72 Å². The zero-order valence-corrected chi connectivity index (χ0v) is 10.9. The number of aliphatic hydroxyl groups is 1. The fourth-order valence-electron chi connectivity index (χ4n) is 1.34. The quantitative estimate of drug-likeness (QED) is 0.727. The van der Waals surface area contributed by atoms with Crippen molar-refractivity contribution in [1.29, 1.82) is 0 Å². The van der Waals surface area contributed by atoms with E-state index in [1.54, 1.807) is 0 Å². The van der Waals surface area contributed by atoms with Gasteiger partial charge in [0.15, 0.2) is 0 Å². The zero-order chi connectivity index (χ0) is 12.1. The molecule has 0 aliphatic carbocycles. The molecule has 4 nitrogen and oxygen atoms in total. The van der Waals surface area contributed by atoms with Gasteiger partial charge in [0.1, 0.15) is 0 Å². The third-order valence-corrected chi connectivity index (χ3v) is 3.41. The molecule has 0 fully saturated rings. The molecule has 0 saturated heterocycles. The van der Waals surface area contributed by atoms with E-state index in [-0.39, 0.29) is 17.7 Å². The van der Waals surface area contributed by atoms with Crippen LogP contribution in [0.5, 0.6) is 0 Å². The zero-order valence-electron chi connectivity index (χ0n) is 10.1. The fraction of sp³-hybridized carbons (Fsp3) is 1.00. The molecule has 0 bridgehead atoms. The van der Waals surface area contributed by atoms with Gasteiger partial charge in [0, 0.05) is 6.54 Å². The van der Waals surface area contributed by atoms with Crippen molar-refractivity contribution < 1.29 is 13.5 Å². The van der Waals surface area contributed by atoms with Crippen LogP contribution in [0, 0.1) is 5.41 Å². The maximum Gasteiger partial charge on any atom is 0.211 e. The van der Waals surface area contributed by atoms with Gasteiger partial charge in [-0.25, -0.2) is 13.1 Å². The minimum Gasteiger partial charge on any atom is -0.392 e. The summed E-state index contributed by atoms with van der Waals surface area (Å²) in [4.78, 5) is 0. The Balaban J connectivity index is 3.96. The van der Waals surface area contributed by atoms with Crippen molar-refractivity contribution >= 4 is 10.0 Å². The van der Waals surface area contributed by atoms with E-state index in [0.29, 0.717) is 12.8 Å². The van der Waals surface area contributed by atoms with Gasteiger partial charge in [0.05, 0.1) is 11.9 Å². The molecule has 2 N–H and O–H groups in total. The van der Waals surface area contributed by atoms with Gasteiger partial charge in [0.25, 0.3) is 0 Å². The largest absolute Gasteiger partial charge is 0.392 e. The van der Waals surface area contributed by atoms with Crippen LogP contribution in [-0.4, -0.2) is 31.9 Å². The molecule has 0 amide bonds.